The molecule has 0 aliphatic rings. The molecule has 3 aromatic rings. The maximum Gasteiger partial charge on any atom is 0.186 e. The fraction of sp³-hybridized carbons (Fsp3) is 0. The second-order valence-corrected chi connectivity index (χ2v) is 4.28. The van der Waals surface area contributed by atoms with Crippen LogP contribution >= 0.6 is 11.6 Å². The minimum absolute atomic E-state index is 0.549. The maximum atomic E-state index is 6.34. The van der Waals surface area contributed by atoms with E-state index >= 15 is 0 Å². The van der Waals surface area contributed by atoms with Gasteiger partial charge in [0.1, 0.15) is 10.7 Å². The topological polar surface area (TPSA) is 26.0 Å². The van der Waals surface area contributed by atoms with Gasteiger partial charge < -0.3 is 4.52 Å². The molecule has 2 nitrogen and oxygen atoms in total. The molecule has 0 saturated heterocycles. The average Bonchev–Trinajstić information content (AvgIpc) is 2.83. The van der Waals surface area contributed by atoms with Crippen LogP contribution in [0, 0.1) is 0 Å². The van der Waals surface area contributed by atoms with Gasteiger partial charge in [-0.1, -0.05) is 77.4 Å². The number of nitrogens with zero attached hydrogens (tertiary/aromatic N) is 1. The van der Waals surface area contributed by atoms with E-state index < -0.39 is 0 Å². The first-order valence-corrected chi connectivity index (χ1v) is 6.00. The molecule has 0 unspecified atom stereocenters. The van der Waals surface area contributed by atoms with Crippen molar-refractivity contribution in [3.8, 4) is 22.6 Å². The Morgan fingerprint density at radius 3 is 1.94 bits per heavy atom. The summed E-state index contributed by atoms with van der Waals surface area (Å²) in [7, 11) is 0. The molecule has 0 aliphatic carbocycles. The second-order valence-electron chi connectivity index (χ2n) is 3.91. The lowest BCUT2D eigenvalue weighted by molar-refractivity contribution is 0.435. The quantitative estimate of drug-likeness (QED) is 0.665. The van der Waals surface area contributed by atoms with Gasteiger partial charge in [0, 0.05) is 11.1 Å². The Morgan fingerprint density at radius 2 is 1.33 bits per heavy atom. The van der Waals surface area contributed by atoms with Gasteiger partial charge in [-0.2, -0.15) is 0 Å². The summed E-state index contributed by atoms with van der Waals surface area (Å²) in [4.78, 5) is 0. The van der Waals surface area contributed by atoms with Crippen molar-refractivity contribution in [1.29, 1.82) is 0 Å². The van der Waals surface area contributed by atoms with Gasteiger partial charge in [-0.25, -0.2) is 0 Å². The number of aromatic nitrogens is 1. The molecule has 3 heteroatoms. The first-order chi connectivity index (χ1) is 8.86. The molecule has 2 aromatic carbocycles. The van der Waals surface area contributed by atoms with Gasteiger partial charge in [0.2, 0.25) is 0 Å². The van der Waals surface area contributed by atoms with Crippen molar-refractivity contribution in [2.24, 2.45) is 0 Å². The molecule has 0 aliphatic heterocycles. The van der Waals surface area contributed by atoms with Crippen molar-refractivity contribution in [3.63, 3.8) is 0 Å². The summed E-state index contributed by atoms with van der Waals surface area (Å²) in [5.41, 5.74) is 2.56. The highest BCUT2D eigenvalue weighted by atomic mass is 35.5. The third kappa shape index (κ3) is 1.91. The summed E-state index contributed by atoms with van der Waals surface area (Å²) < 4.78 is 5.35. The summed E-state index contributed by atoms with van der Waals surface area (Å²) in [6.45, 7) is 0. The van der Waals surface area contributed by atoms with E-state index in [1.54, 1.807) is 0 Å². The number of rotatable bonds is 2. The Kier molecular flexibility index (Phi) is 2.87. The molecule has 0 radical (unpaired) electrons. The van der Waals surface area contributed by atoms with Gasteiger partial charge in [-0.15, -0.1) is 0 Å². The monoisotopic (exact) mass is 255 g/mol. The van der Waals surface area contributed by atoms with Crippen LogP contribution in [0.3, 0.4) is 0 Å². The molecule has 0 N–H and O–H groups in total. The predicted octanol–water partition coefficient (Wildman–Crippen LogP) is 4.66. The molecule has 88 valence electrons. The van der Waals surface area contributed by atoms with Crippen LogP contribution in [0.1, 0.15) is 0 Å². The molecule has 0 atom stereocenters. The summed E-state index contributed by atoms with van der Waals surface area (Å²) in [5, 5.41) is 4.60. The van der Waals surface area contributed by atoms with E-state index in [2.05, 4.69) is 5.16 Å². The lowest BCUT2D eigenvalue weighted by Crippen LogP contribution is -1.77. The molecule has 1 heterocycles. The van der Waals surface area contributed by atoms with E-state index in [-0.39, 0.29) is 0 Å². The first kappa shape index (κ1) is 11.1. The molecule has 18 heavy (non-hydrogen) atoms. The Balaban J connectivity index is 2.09. The van der Waals surface area contributed by atoms with Crippen LogP contribution in [0.15, 0.2) is 65.2 Å². The minimum atomic E-state index is 0.549. The SMILES string of the molecule is Clc1c(-c2ccccc2)noc1-c1ccccc1. The standard InChI is InChI=1S/C15H10ClNO/c16-13-14(11-7-3-1-4-8-11)17-18-15(13)12-9-5-2-6-10-12/h1-10H. The Labute approximate surface area is 110 Å². The molecule has 1 aromatic heterocycles. The van der Waals surface area contributed by atoms with Gasteiger partial charge in [0.05, 0.1) is 0 Å². The lowest BCUT2D eigenvalue weighted by atomic mass is 10.1. The third-order valence-corrected chi connectivity index (χ3v) is 3.07. The number of hydrogen-bond donors (Lipinski definition) is 0. The molecule has 0 bridgehead atoms. The predicted molar refractivity (Wildman–Crippen MR) is 72.4 cm³/mol. The Hall–Kier alpha value is -2.06. The van der Waals surface area contributed by atoms with Crippen LogP contribution in [-0.2, 0) is 0 Å². The summed E-state index contributed by atoms with van der Waals surface area (Å²) in [6.07, 6.45) is 0. The zero-order valence-electron chi connectivity index (χ0n) is 9.51. The van der Waals surface area contributed by atoms with Crippen molar-refractivity contribution in [2.75, 3.05) is 0 Å². The van der Waals surface area contributed by atoms with Gasteiger partial charge in [-0.3, -0.25) is 0 Å². The highest BCUT2D eigenvalue weighted by Crippen LogP contribution is 2.35. The molecule has 0 saturated carbocycles. The largest absolute Gasteiger partial charge is 0.354 e. The molecule has 0 spiro atoms. The average molecular weight is 256 g/mol. The van der Waals surface area contributed by atoms with E-state index in [9.17, 15) is 0 Å². The minimum Gasteiger partial charge on any atom is -0.354 e. The van der Waals surface area contributed by atoms with E-state index in [0.29, 0.717) is 16.5 Å². The van der Waals surface area contributed by atoms with Gasteiger partial charge in [-0.05, 0) is 0 Å². The first-order valence-electron chi connectivity index (χ1n) is 5.62. The fourth-order valence-electron chi connectivity index (χ4n) is 1.82. The normalized spacial score (nSPS) is 10.5. The second kappa shape index (κ2) is 4.67. The Bertz CT molecular complexity index is 590. The smallest absolute Gasteiger partial charge is 0.186 e. The molecule has 3 rings (SSSR count). The van der Waals surface area contributed by atoms with Crippen molar-refractivity contribution in [3.05, 3.63) is 65.7 Å². The highest BCUT2D eigenvalue weighted by Gasteiger charge is 2.16. The van der Waals surface area contributed by atoms with Crippen molar-refractivity contribution in [1.82, 2.24) is 5.16 Å². The van der Waals surface area contributed by atoms with Crippen LogP contribution in [0.25, 0.3) is 22.6 Å². The van der Waals surface area contributed by atoms with Gasteiger partial charge >= 0.3 is 0 Å². The van der Waals surface area contributed by atoms with Gasteiger partial charge in [0.25, 0.3) is 0 Å². The zero-order valence-corrected chi connectivity index (χ0v) is 10.3. The summed E-state index contributed by atoms with van der Waals surface area (Å²) in [5.74, 6) is 0.608. The van der Waals surface area contributed by atoms with Crippen LogP contribution in [-0.4, -0.2) is 5.16 Å². The summed E-state index contributed by atoms with van der Waals surface area (Å²) in [6, 6.07) is 19.5. The van der Waals surface area contributed by atoms with Crippen molar-refractivity contribution < 1.29 is 4.52 Å². The lowest BCUT2D eigenvalue weighted by Gasteiger charge is -1.96. The van der Waals surface area contributed by atoms with E-state index in [1.807, 2.05) is 60.7 Å². The third-order valence-electron chi connectivity index (χ3n) is 2.72. The summed E-state index contributed by atoms with van der Waals surface area (Å²) >= 11 is 6.34. The number of benzene rings is 2. The van der Waals surface area contributed by atoms with Crippen LogP contribution in [0.5, 0.6) is 0 Å². The van der Waals surface area contributed by atoms with Gasteiger partial charge in [0.15, 0.2) is 5.76 Å². The zero-order chi connectivity index (χ0) is 12.4. The van der Waals surface area contributed by atoms with E-state index in [0.717, 1.165) is 11.1 Å². The number of halogens is 1. The number of hydrogen-bond acceptors (Lipinski definition) is 2. The van der Waals surface area contributed by atoms with Crippen LogP contribution in [0.4, 0.5) is 0 Å². The fourth-order valence-corrected chi connectivity index (χ4v) is 2.11. The van der Waals surface area contributed by atoms with E-state index in [1.165, 1.54) is 0 Å². The van der Waals surface area contributed by atoms with Crippen molar-refractivity contribution >= 4 is 11.6 Å². The highest BCUT2D eigenvalue weighted by molar-refractivity contribution is 6.35. The molecular weight excluding hydrogens is 246 g/mol. The molecular formula is C15H10ClNO. The van der Waals surface area contributed by atoms with Crippen LogP contribution in [0.2, 0.25) is 5.02 Å². The van der Waals surface area contributed by atoms with Crippen LogP contribution < -0.4 is 0 Å². The Morgan fingerprint density at radius 1 is 0.778 bits per heavy atom. The van der Waals surface area contributed by atoms with E-state index in [4.69, 9.17) is 16.1 Å². The molecule has 0 fully saturated rings. The molecule has 0 amide bonds. The maximum absolute atomic E-state index is 6.34. The van der Waals surface area contributed by atoms with Crippen molar-refractivity contribution in [2.45, 2.75) is 0 Å².